The topological polar surface area (TPSA) is 78.2 Å². The van der Waals surface area contributed by atoms with Gasteiger partial charge in [0.15, 0.2) is 0 Å². The summed E-state index contributed by atoms with van der Waals surface area (Å²) in [4.78, 5) is 19.8. The van der Waals surface area contributed by atoms with Crippen molar-refractivity contribution < 1.29 is 4.84 Å². The molecule has 1 N–H and O–H groups in total. The maximum Gasteiger partial charge on any atom is 0.251 e. The molecule has 0 aliphatic rings. The minimum absolute atomic E-state index is 0.0732. The van der Waals surface area contributed by atoms with Crippen LogP contribution >= 0.6 is 0 Å². The maximum absolute atomic E-state index is 12.2. The molecule has 0 fully saturated rings. The minimum atomic E-state index is -0.731. The summed E-state index contributed by atoms with van der Waals surface area (Å²) in [7, 11) is 1.50. The Bertz CT molecular complexity index is 1120. The van der Waals surface area contributed by atoms with Crippen molar-refractivity contribution in [1.82, 2.24) is 4.98 Å². The number of rotatable bonds is 6. The lowest BCUT2D eigenvalue weighted by molar-refractivity contribution is 0.215. The fourth-order valence-electron chi connectivity index (χ4n) is 3.36. The number of nitrogens with one attached hydrogen (secondary N) is 1. The smallest absolute Gasteiger partial charge is 0.251 e. The summed E-state index contributed by atoms with van der Waals surface area (Å²) < 4.78 is 0. The zero-order valence-electron chi connectivity index (χ0n) is 16.3. The number of oxime groups is 1. The third kappa shape index (κ3) is 3.96. The van der Waals surface area contributed by atoms with Crippen LogP contribution in [-0.4, -0.2) is 18.3 Å². The minimum Gasteiger partial charge on any atom is -0.399 e. The second-order valence-corrected chi connectivity index (χ2v) is 7.06. The van der Waals surface area contributed by atoms with Gasteiger partial charge in [-0.05, 0) is 54.0 Å². The molecule has 0 saturated carbocycles. The van der Waals surface area contributed by atoms with E-state index in [-0.39, 0.29) is 5.56 Å². The van der Waals surface area contributed by atoms with Gasteiger partial charge in [0, 0.05) is 11.1 Å². The monoisotopic (exact) mass is 373 g/mol. The van der Waals surface area contributed by atoms with Crippen LogP contribution in [-0.2, 0) is 23.1 Å². The van der Waals surface area contributed by atoms with Gasteiger partial charge in [0.25, 0.3) is 5.56 Å². The molecule has 0 spiro atoms. The van der Waals surface area contributed by atoms with E-state index in [2.05, 4.69) is 16.2 Å². The lowest BCUT2D eigenvalue weighted by atomic mass is 9.78. The van der Waals surface area contributed by atoms with Crippen LogP contribution in [0.3, 0.4) is 0 Å². The van der Waals surface area contributed by atoms with Gasteiger partial charge in [-0.25, -0.2) is 0 Å². The standard InChI is InChI=1S/C23H23N3O2/c1-4-18-11-19-8-9-20(12-21(19)26-22(18)27)23(2,15-24)13-16-6-5-7-17(10-16)14-25-28-3/h5-12,14H,4,13H2,1-3H3,(H,26,27)/b25-14+. The third-order valence-electron chi connectivity index (χ3n) is 5.00. The van der Waals surface area contributed by atoms with Gasteiger partial charge in [-0.2, -0.15) is 5.26 Å². The fourth-order valence-corrected chi connectivity index (χ4v) is 3.36. The van der Waals surface area contributed by atoms with Gasteiger partial charge in [-0.15, -0.1) is 0 Å². The molecular weight excluding hydrogens is 350 g/mol. The number of pyridine rings is 1. The number of benzene rings is 2. The second-order valence-electron chi connectivity index (χ2n) is 7.06. The van der Waals surface area contributed by atoms with Gasteiger partial charge >= 0.3 is 0 Å². The average Bonchev–Trinajstić information content (AvgIpc) is 2.71. The van der Waals surface area contributed by atoms with E-state index in [1.165, 1.54) is 7.11 Å². The second kappa shape index (κ2) is 8.10. The molecule has 5 nitrogen and oxygen atoms in total. The number of H-pyrrole nitrogens is 1. The Morgan fingerprint density at radius 1 is 1.25 bits per heavy atom. The van der Waals surface area contributed by atoms with Crippen molar-refractivity contribution in [3.8, 4) is 6.07 Å². The van der Waals surface area contributed by atoms with Crippen LogP contribution in [0, 0.1) is 11.3 Å². The molecular formula is C23H23N3O2. The van der Waals surface area contributed by atoms with Crippen LogP contribution in [0.4, 0.5) is 0 Å². The van der Waals surface area contributed by atoms with Gasteiger partial charge < -0.3 is 9.82 Å². The lowest BCUT2D eigenvalue weighted by Crippen LogP contribution is -2.23. The normalized spacial score (nSPS) is 13.4. The average molecular weight is 373 g/mol. The summed E-state index contributed by atoms with van der Waals surface area (Å²) in [6, 6.07) is 18.1. The van der Waals surface area contributed by atoms with Crippen molar-refractivity contribution in [1.29, 1.82) is 5.26 Å². The van der Waals surface area contributed by atoms with Gasteiger partial charge in [0.2, 0.25) is 0 Å². The molecule has 5 heteroatoms. The summed E-state index contributed by atoms with van der Waals surface area (Å²) in [6.45, 7) is 3.88. The van der Waals surface area contributed by atoms with Crippen LogP contribution < -0.4 is 5.56 Å². The fraction of sp³-hybridized carbons (Fsp3) is 0.261. The molecule has 3 rings (SSSR count). The number of aromatic amines is 1. The van der Waals surface area contributed by atoms with Crippen LogP contribution in [0.2, 0.25) is 0 Å². The van der Waals surface area contributed by atoms with E-state index >= 15 is 0 Å². The van der Waals surface area contributed by atoms with Gasteiger partial charge in [0.05, 0.1) is 17.7 Å². The van der Waals surface area contributed by atoms with Gasteiger partial charge in [-0.1, -0.05) is 48.5 Å². The van der Waals surface area contributed by atoms with Crippen molar-refractivity contribution in [3.05, 3.63) is 81.1 Å². The summed E-state index contributed by atoms with van der Waals surface area (Å²) in [5.41, 5.74) is 3.52. The third-order valence-corrected chi connectivity index (χ3v) is 5.00. The van der Waals surface area contributed by atoms with E-state index in [1.807, 2.05) is 62.4 Å². The highest BCUT2D eigenvalue weighted by Gasteiger charge is 2.27. The number of aryl methyl sites for hydroxylation is 1. The van der Waals surface area contributed by atoms with Gasteiger partial charge in [0.1, 0.15) is 7.11 Å². The van der Waals surface area contributed by atoms with Crippen molar-refractivity contribution in [2.75, 3.05) is 7.11 Å². The SMILES string of the molecule is CCc1cc2ccc(C(C)(C#N)Cc3cccc(/C=N/OC)c3)cc2[nH]c1=O. The molecule has 0 radical (unpaired) electrons. The highest BCUT2D eigenvalue weighted by molar-refractivity contribution is 5.80. The largest absolute Gasteiger partial charge is 0.399 e. The Kier molecular flexibility index (Phi) is 5.60. The Morgan fingerprint density at radius 3 is 2.79 bits per heavy atom. The number of aromatic nitrogens is 1. The maximum atomic E-state index is 12.2. The van der Waals surface area contributed by atoms with Crippen molar-refractivity contribution in [2.45, 2.75) is 32.1 Å². The van der Waals surface area contributed by atoms with Crippen LogP contribution in [0.5, 0.6) is 0 Å². The first-order chi connectivity index (χ1) is 13.5. The van der Waals surface area contributed by atoms with E-state index in [1.54, 1.807) is 6.21 Å². The summed E-state index contributed by atoms with van der Waals surface area (Å²) >= 11 is 0. The predicted molar refractivity (Wildman–Crippen MR) is 112 cm³/mol. The molecule has 0 saturated heterocycles. The Balaban J connectivity index is 1.98. The molecule has 2 aromatic carbocycles. The Hall–Kier alpha value is -3.39. The van der Waals surface area contributed by atoms with Crippen molar-refractivity contribution in [2.24, 2.45) is 5.16 Å². The van der Waals surface area contributed by atoms with E-state index in [9.17, 15) is 10.1 Å². The Morgan fingerprint density at radius 2 is 2.07 bits per heavy atom. The molecule has 1 unspecified atom stereocenters. The van der Waals surface area contributed by atoms with E-state index in [4.69, 9.17) is 4.84 Å². The molecule has 0 bridgehead atoms. The number of hydrogen-bond acceptors (Lipinski definition) is 4. The lowest BCUT2D eigenvalue weighted by Gasteiger charge is -2.23. The molecule has 3 aromatic rings. The van der Waals surface area contributed by atoms with E-state index in [0.717, 1.165) is 33.2 Å². The van der Waals surface area contributed by atoms with Crippen molar-refractivity contribution >= 4 is 17.1 Å². The van der Waals surface area contributed by atoms with Crippen LogP contribution in [0.1, 0.15) is 36.1 Å². The first-order valence-corrected chi connectivity index (χ1v) is 9.22. The highest BCUT2D eigenvalue weighted by atomic mass is 16.6. The molecule has 0 aliphatic heterocycles. The number of fused-ring (bicyclic) bond motifs is 1. The van der Waals surface area contributed by atoms with E-state index in [0.29, 0.717) is 12.8 Å². The molecule has 1 atom stereocenters. The first kappa shape index (κ1) is 19.4. The summed E-state index contributed by atoms with van der Waals surface area (Å²) in [5, 5.41) is 14.7. The quantitative estimate of drug-likeness (QED) is 0.522. The number of hydrogen-bond donors (Lipinski definition) is 1. The van der Waals surface area contributed by atoms with Crippen molar-refractivity contribution in [3.63, 3.8) is 0 Å². The zero-order valence-corrected chi connectivity index (χ0v) is 16.3. The number of nitriles is 1. The van der Waals surface area contributed by atoms with Crippen LogP contribution in [0.25, 0.3) is 10.9 Å². The Labute approximate surface area is 164 Å². The zero-order chi connectivity index (χ0) is 20.1. The molecule has 28 heavy (non-hydrogen) atoms. The number of nitrogens with zero attached hydrogens (tertiary/aromatic N) is 2. The molecule has 0 amide bonds. The molecule has 0 aliphatic carbocycles. The first-order valence-electron chi connectivity index (χ1n) is 9.22. The molecule has 142 valence electrons. The van der Waals surface area contributed by atoms with Crippen LogP contribution in [0.15, 0.2) is 58.5 Å². The summed E-state index contributed by atoms with van der Waals surface area (Å²) in [5.74, 6) is 0. The van der Waals surface area contributed by atoms with Gasteiger partial charge in [-0.3, -0.25) is 4.79 Å². The molecule has 1 aromatic heterocycles. The van der Waals surface area contributed by atoms with E-state index < -0.39 is 5.41 Å². The highest BCUT2D eigenvalue weighted by Crippen LogP contribution is 2.30. The summed E-state index contributed by atoms with van der Waals surface area (Å²) in [6.07, 6.45) is 2.87. The molecule has 1 heterocycles. The predicted octanol–water partition coefficient (Wildman–Crippen LogP) is 4.09.